The topological polar surface area (TPSA) is 0 Å². The van der Waals surface area contributed by atoms with Gasteiger partial charge in [-0.05, 0) is 0 Å². The van der Waals surface area contributed by atoms with Gasteiger partial charge in [0.1, 0.15) is 0 Å². The molecule has 0 N–H and O–H groups in total. The molecule has 0 saturated heterocycles. The summed E-state index contributed by atoms with van der Waals surface area (Å²) in [4.78, 5) is 0. The van der Waals surface area contributed by atoms with Gasteiger partial charge in [-0.25, -0.2) is 0 Å². The molecule has 0 aliphatic carbocycles. The first kappa shape index (κ1) is 22.9. The fraction of sp³-hybridized carbons (Fsp3) is 0.308. The van der Waals surface area contributed by atoms with Crippen molar-refractivity contribution in [1.82, 2.24) is 0 Å². The van der Waals surface area contributed by atoms with Crippen LogP contribution in [-0.4, -0.2) is 19.8 Å². The Bertz CT molecular complexity index is 928. The molecule has 0 bridgehead atoms. The van der Waals surface area contributed by atoms with Gasteiger partial charge in [0, 0.05) is 0 Å². The summed E-state index contributed by atoms with van der Waals surface area (Å²) in [6.07, 6.45) is 0. The van der Waals surface area contributed by atoms with Crippen LogP contribution in [0, 0.1) is 17.5 Å². The second-order valence-corrected chi connectivity index (χ2v) is 16.2. The zero-order valence-electron chi connectivity index (χ0n) is 18.0. The van der Waals surface area contributed by atoms with E-state index in [-0.39, 0.29) is 10.8 Å². The van der Waals surface area contributed by atoms with Crippen molar-refractivity contribution in [1.29, 1.82) is 0 Å². The minimum atomic E-state index is -2.79. The Morgan fingerprint density at radius 3 is 1.43 bits per heavy atom. The first-order valence-corrected chi connectivity index (χ1v) is 15.7. The van der Waals surface area contributed by atoms with Crippen LogP contribution in [0.2, 0.25) is 8.87 Å². The van der Waals surface area contributed by atoms with E-state index in [1.165, 1.54) is 11.1 Å². The van der Waals surface area contributed by atoms with Crippen LogP contribution < -0.4 is 3.58 Å². The first-order valence-electron chi connectivity index (χ1n) is 10.2. The maximum atomic E-state index is 14.9. The van der Waals surface area contributed by atoms with Crippen LogP contribution >= 0.6 is 0 Å². The fourth-order valence-electron chi connectivity index (χ4n) is 4.10. The summed E-state index contributed by atoms with van der Waals surface area (Å²) in [6, 6.07) is 22.2. The van der Waals surface area contributed by atoms with Crippen LogP contribution in [0.3, 0.4) is 0 Å². The standard InChI is InChI=1S/2C10H13.C6H2F3.Sn/c2*1-10(2,3)9-7-5-4-6-8-9;7-4-1-2-5(8)6(9)3-4;/h2*4-8H,1H2,2-3H3;2-3H;. The zero-order valence-corrected chi connectivity index (χ0v) is 20.8. The van der Waals surface area contributed by atoms with Crippen molar-refractivity contribution in [3.63, 3.8) is 0 Å². The molecule has 157 valence electrons. The van der Waals surface area contributed by atoms with E-state index in [4.69, 9.17) is 0 Å². The quantitative estimate of drug-likeness (QED) is 0.241. The van der Waals surface area contributed by atoms with Gasteiger partial charge in [0.25, 0.3) is 0 Å². The van der Waals surface area contributed by atoms with Crippen molar-refractivity contribution in [2.24, 2.45) is 0 Å². The van der Waals surface area contributed by atoms with Gasteiger partial charge in [0.2, 0.25) is 0 Å². The van der Waals surface area contributed by atoms with Crippen molar-refractivity contribution in [3.8, 4) is 0 Å². The Morgan fingerprint density at radius 2 is 1.00 bits per heavy atom. The molecule has 3 rings (SSSR count). The summed E-state index contributed by atoms with van der Waals surface area (Å²) < 4.78 is 44.7. The van der Waals surface area contributed by atoms with E-state index < -0.39 is 37.2 Å². The number of rotatable bonds is 7. The van der Waals surface area contributed by atoms with E-state index in [0.29, 0.717) is 3.58 Å². The third-order valence-electron chi connectivity index (χ3n) is 5.81. The number of benzene rings is 3. The third-order valence-corrected chi connectivity index (χ3v) is 16.6. The number of hydrogen-bond acceptors (Lipinski definition) is 0. The fourth-order valence-corrected chi connectivity index (χ4v) is 14.9. The van der Waals surface area contributed by atoms with Gasteiger partial charge in [-0.1, -0.05) is 0 Å². The molecule has 0 fully saturated rings. The second kappa shape index (κ2) is 9.17. The molecule has 0 aliphatic rings. The first-order chi connectivity index (χ1) is 14.1. The summed E-state index contributed by atoms with van der Waals surface area (Å²) in [5.74, 6) is -2.68. The van der Waals surface area contributed by atoms with E-state index in [2.05, 4.69) is 52.0 Å². The van der Waals surface area contributed by atoms with Crippen molar-refractivity contribution in [3.05, 3.63) is 101 Å². The molecule has 0 heterocycles. The molecule has 0 spiro atoms. The molecule has 0 aromatic heterocycles. The minimum absolute atomic E-state index is 0.180. The van der Waals surface area contributed by atoms with Gasteiger partial charge in [-0.2, -0.15) is 0 Å². The Morgan fingerprint density at radius 1 is 0.600 bits per heavy atom. The predicted octanol–water partition coefficient (Wildman–Crippen LogP) is 6.76. The van der Waals surface area contributed by atoms with E-state index >= 15 is 0 Å². The van der Waals surface area contributed by atoms with Gasteiger partial charge in [-0.15, -0.1) is 0 Å². The molecule has 0 nitrogen and oxygen atoms in total. The molecule has 1 radical (unpaired) electrons. The predicted molar refractivity (Wildman–Crippen MR) is 120 cm³/mol. The molecule has 3 aromatic rings. The van der Waals surface area contributed by atoms with Crippen LogP contribution in [-0.2, 0) is 10.8 Å². The molecule has 0 unspecified atom stereocenters. The molecule has 4 heteroatoms. The molecule has 0 atom stereocenters. The zero-order chi connectivity index (χ0) is 21.9. The Balaban J connectivity index is 2.02. The monoisotopic (exact) mass is 517 g/mol. The molecule has 3 aromatic carbocycles. The Labute approximate surface area is 184 Å². The van der Waals surface area contributed by atoms with Crippen LogP contribution in [0.1, 0.15) is 38.8 Å². The molecule has 0 aliphatic heterocycles. The molecular weight excluding hydrogens is 488 g/mol. The van der Waals surface area contributed by atoms with Crippen LogP contribution in [0.15, 0.2) is 72.8 Å². The van der Waals surface area contributed by atoms with Gasteiger partial charge < -0.3 is 0 Å². The van der Waals surface area contributed by atoms with E-state index in [9.17, 15) is 13.2 Å². The van der Waals surface area contributed by atoms with E-state index in [0.717, 1.165) is 21.0 Å². The Kier molecular flexibility index (Phi) is 7.01. The van der Waals surface area contributed by atoms with Gasteiger partial charge in [-0.3, -0.25) is 0 Å². The number of halogens is 3. The summed E-state index contributed by atoms with van der Waals surface area (Å²) >= 11 is -2.79. The number of hydrogen-bond donors (Lipinski definition) is 0. The van der Waals surface area contributed by atoms with E-state index in [1.807, 2.05) is 36.4 Å². The van der Waals surface area contributed by atoms with Gasteiger partial charge in [0.05, 0.1) is 0 Å². The average molecular weight is 516 g/mol. The van der Waals surface area contributed by atoms with Crippen molar-refractivity contribution >= 4 is 23.3 Å². The summed E-state index contributed by atoms with van der Waals surface area (Å²) in [5, 5.41) is 0. The molecule has 0 saturated carbocycles. The molecule has 30 heavy (non-hydrogen) atoms. The maximum absolute atomic E-state index is 14.9. The third kappa shape index (κ3) is 5.29. The van der Waals surface area contributed by atoms with Gasteiger partial charge in [0.15, 0.2) is 0 Å². The SMILES string of the molecule is CC(C)([CH2][Sn]([CH2]C(C)(C)c1ccccc1)[c]1cc(F)c(F)cc1F)c1ccccc1. The van der Waals surface area contributed by atoms with Crippen molar-refractivity contribution < 1.29 is 13.2 Å². The van der Waals surface area contributed by atoms with Crippen molar-refractivity contribution in [2.45, 2.75) is 47.4 Å². The summed E-state index contributed by atoms with van der Waals surface area (Å²) in [7, 11) is 0. The van der Waals surface area contributed by atoms with Crippen LogP contribution in [0.5, 0.6) is 0 Å². The van der Waals surface area contributed by atoms with E-state index in [1.54, 1.807) is 0 Å². The van der Waals surface area contributed by atoms with Crippen LogP contribution in [0.4, 0.5) is 13.2 Å². The van der Waals surface area contributed by atoms with Crippen molar-refractivity contribution in [2.75, 3.05) is 0 Å². The normalized spacial score (nSPS) is 12.4. The van der Waals surface area contributed by atoms with Gasteiger partial charge >= 0.3 is 185 Å². The second-order valence-electron chi connectivity index (χ2n) is 9.20. The molecular formula is C26H28F3Sn. The summed E-state index contributed by atoms with van der Waals surface area (Å²) in [5.41, 5.74) is 2.01. The van der Waals surface area contributed by atoms with Crippen LogP contribution in [0.25, 0.3) is 0 Å². The average Bonchev–Trinajstić information content (AvgIpc) is 2.71. The summed E-state index contributed by atoms with van der Waals surface area (Å²) in [6.45, 7) is 8.65. The molecule has 0 amide bonds. The Hall–Kier alpha value is -1.75.